The first kappa shape index (κ1) is 18.6. The topological polar surface area (TPSA) is 67.9 Å². The maximum absolute atomic E-state index is 12.8. The van der Waals surface area contributed by atoms with Gasteiger partial charge in [0.1, 0.15) is 18.0 Å². The van der Waals surface area contributed by atoms with Crippen LogP contribution in [0, 0.1) is 0 Å². The van der Waals surface area contributed by atoms with E-state index in [4.69, 9.17) is 9.47 Å². The summed E-state index contributed by atoms with van der Waals surface area (Å²) in [7, 11) is 0. The number of para-hydroxylation sites is 5. The number of fused-ring (bicyclic) bond motifs is 1. The van der Waals surface area contributed by atoms with Gasteiger partial charge in [-0.3, -0.25) is 14.5 Å². The van der Waals surface area contributed by atoms with Crippen LogP contribution < -0.4 is 19.7 Å². The van der Waals surface area contributed by atoms with Gasteiger partial charge in [0.15, 0.2) is 5.75 Å². The molecule has 146 valence electrons. The second-order valence-corrected chi connectivity index (χ2v) is 6.51. The van der Waals surface area contributed by atoms with Crippen molar-refractivity contribution in [1.29, 1.82) is 0 Å². The number of amides is 2. The molecule has 0 bridgehead atoms. The van der Waals surface area contributed by atoms with E-state index in [-0.39, 0.29) is 24.8 Å². The van der Waals surface area contributed by atoms with E-state index in [0.29, 0.717) is 35.2 Å². The molecule has 1 N–H and O–H groups in total. The van der Waals surface area contributed by atoms with Crippen molar-refractivity contribution in [1.82, 2.24) is 0 Å². The predicted octanol–water partition coefficient (Wildman–Crippen LogP) is 4.23. The molecule has 6 nitrogen and oxygen atoms in total. The fourth-order valence-electron chi connectivity index (χ4n) is 3.10. The molecule has 3 aromatic rings. The third kappa shape index (κ3) is 4.38. The second-order valence-electron chi connectivity index (χ2n) is 6.51. The summed E-state index contributed by atoms with van der Waals surface area (Å²) in [6.07, 6.45) is 0.218. The van der Waals surface area contributed by atoms with Crippen molar-refractivity contribution in [3.63, 3.8) is 0 Å². The van der Waals surface area contributed by atoms with E-state index in [0.717, 1.165) is 0 Å². The Balaban J connectivity index is 1.51. The number of hydrogen-bond donors (Lipinski definition) is 1. The van der Waals surface area contributed by atoms with Gasteiger partial charge in [0.2, 0.25) is 11.8 Å². The van der Waals surface area contributed by atoms with E-state index in [9.17, 15) is 9.59 Å². The summed E-state index contributed by atoms with van der Waals surface area (Å²) in [5.74, 6) is 1.32. The first-order chi connectivity index (χ1) is 14.2. The van der Waals surface area contributed by atoms with Crippen LogP contribution in [0.25, 0.3) is 0 Å². The number of carbonyl (C=O) groups excluding carboxylic acids is 2. The monoisotopic (exact) mass is 388 g/mol. The lowest BCUT2D eigenvalue weighted by atomic mass is 10.2. The summed E-state index contributed by atoms with van der Waals surface area (Å²) in [4.78, 5) is 26.7. The first-order valence-electron chi connectivity index (χ1n) is 9.35. The summed E-state index contributed by atoms with van der Waals surface area (Å²) in [6.45, 7) is 0.181. The fraction of sp³-hybridized carbons (Fsp3) is 0.130. The highest BCUT2D eigenvalue weighted by molar-refractivity contribution is 6.04. The van der Waals surface area contributed by atoms with Crippen LogP contribution in [0.3, 0.4) is 0 Å². The molecule has 3 aromatic carbocycles. The van der Waals surface area contributed by atoms with Crippen molar-refractivity contribution in [2.75, 3.05) is 23.4 Å². The average molecular weight is 388 g/mol. The van der Waals surface area contributed by atoms with E-state index in [2.05, 4.69) is 5.32 Å². The zero-order valence-electron chi connectivity index (χ0n) is 15.7. The summed E-state index contributed by atoms with van der Waals surface area (Å²) in [5, 5.41) is 2.85. The van der Waals surface area contributed by atoms with Gasteiger partial charge in [-0.2, -0.15) is 0 Å². The van der Waals surface area contributed by atoms with Crippen molar-refractivity contribution in [2.45, 2.75) is 6.42 Å². The Morgan fingerprint density at radius 3 is 2.55 bits per heavy atom. The molecule has 6 heteroatoms. The lowest BCUT2D eigenvalue weighted by Gasteiger charge is -2.21. The summed E-state index contributed by atoms with van der Waals surface area (Å²) in [5.41, 5.74) is 1.13. The molecule has 1 heterocycles. The van der Waals surface area contributed by atoms with Crippen LogP contribution in [0.4, 0.5) is 11.4 Å². The van der Waals surface area contributed by atoms with Gasteiger partial charge in [0.25, 0.3) is 0 Å². The molecule has 0 radical (unpaired) electrons. The highest BCUT2D eigenvalue weighted by atomic mass is 16.5. The van der Waals surface area contributed by atoms with Gasteiger partial charge in [-0.05, 0) is 36.4 Å². The van der Waals surface area contributed by atoms with Gasteiger partial charge in [0, 0.05) is 0 Å². The molecule has 0 spiro atoms. The Morgan fingerprint density at radius 2 is 1.69 bits per heavy atom. The molecule has 2 amide bonds. The maximum Gasteiger partial charge on any atom is 0.244 e. The van der Waals surface area contributed by atoms with Gasteiger partial charge in [-0.15, -0.1) is 0 Å². The number of ether oxygens (including phenoxy) is 2. The highest BCUT2D eigenvalue weighted by Crippen LogP contribution is 2.32. The molecule has 1 aliphatic rings. The van der Waals surface area contributed by atoms with Gasteiger partial charge in [-0.25, -0.2) is 0 Å². The zero-order valence-corrected chi connectivity index (χ0v) is 15.7. The number of benzene rings is 3. The zero-order chi connectivity index (χ0) is 20.1. The summed E-state index contributed by atoms with van der Waals surface area (Å²) < 4.78 is 11.5. The Kier molecular flexibility index (Phi) is 5.42. The predicted molar refractivity (Wildman–Crippen MR) is 110 cm³/mol. The van der Waals surface area contributed by atoms with Gasteiger partial charge < -0.3 is 14.8 Å². The lowest BCUT2D eigenvalue weighted by molar-refractivity contribution is -0.121. The molecular weight excluding hydrogens is 368 g/mol. The SMILES string of the molecule is O=C(CN1C(=O)CCOc2ccccc21)Nc1ccccc1Oc1ccccc1. The molecule has 0 saturated heterocycles. The van der Waals surface area contributed by atoms with Crippen LogP contribution in [0.1, 0.15) is 6.42 Å². The maximum atomic E-state index is 12.8. The highest BCUT2D eigenvalue weighted by Gasteiger charge is 2.25. The Bertz CT molecular complexity index is 1020. The van der Waals surface area contributed by atoms with E-state index >= 15 is 0 Å². The minimum Gasteiger partial charge on any atom is -0.491 e. The van der Waals surface area contributed by atoms with Crippen LogP contribution >= 0.6 is 0 Å². The molecule has 0 atom stereocenters. The third-order valence-corrected chi connectivity index (χ3v) is 4.46. The molecule has 0 saturated carbocycles. The van der Waals surface area contributed by atoms with Gasteiger partial charge in [-0.1, -0.05) is 42.5 Å². The Morgan fingerprint density at radius 1 is 0.966 bits per heavy atom. The molecule has 4 rings (SSSR count). The standard InChI is InChI=1S/C23H20N2O4/c26-22(16-25-19-11-5-7-13-21(19)28-15-14-23(25)27)24-18-10-4-6-12-20(18)29-17-8-2-1-3-9-17/h1-13H,14-16H2,(H,24,26). The van der Waals surface area contributed by atoms with E-state index in [1.54, 1.807) is 24.3 Å². The molecule has 1 aliphatic heterocycles. The number of rotatable bonds is 5. The molecule has 0 unspecified atom stereocenters. The van der Waals surface area contributed by atoms with Crippen molar-refractivity contribution >= 4 is 23.2 Å². The summed E-state index contributed by atoms with van der Waals surface area (Å²) >= 11 is 0. The largest absolute Gasteiger partial charge is 0.491 e. The minimum atomic E-state index is -0.320. The van der Waals surface area contributed by atoms with Crippen LogP contribution in [0.5, 0.6) is 17.2 Å². The smallest absolute Gasteiger partial charge is 0.244 e. The third-order valence-electron chi connectivity index (χ3n) is 4.46. The van der Waals surface area contributed by atoms with Crippen LogP contribution in [-0.2, 0) is 9.59 Å². The summed E-state index contributed by atoms with van der Waals surface area (Å²) in [6, 6.07) is 23.7. The average Bonchev–Trinajstić information content (AvgIpc) is 2.89. The van der Waals surface area contributed by atoms with Crippen molar-refractivity contribution in [2.24, 2.45) is 0 Å². The van der Waals surface area contributed by atoms with Crippen LogP contribution in [-0.4, -0.2) is 25.0 Å². The quantitative estimate of drug-likeness (QED) is 0.710. The van der Waals surface area contributed by atoms with Gasteiger partial charge in [0.05, 0.1) is 24.4 Å². The van der Waals surface area contributed by atoms with Crippen molar-refractivity contribution < 1.29 is 19.1 Å². The molecule has 29 heavy (non-hydrogen) atoms. The lowest BCUT2D eigenvalue weighted by Crippen LogP contribution is -2.37. The molecule has 0 aliphatic carbocycles. The molecule has 0 aromatic heterocycles. The normalized spacial score (nSPS) is 13.1. The van der Waals surface area contributed by atoms with Crippen molar-refractivity contribution in [3.8, 4) is 17.2 Å². The molecule has 0 fully saturated rings. The van der Waals surface area contributed by atoms with Crippen molar-refractivity contribution in [3.05, 3.63) is 78.9 Å². The van der Waals surface area contributed by atoms with E-state index in [1.807, 2.05) is 54.6 Å². The van der Waals surface area contributed by atoms with E-state index in [1.165, 1.54) is 4.90 Å². The fourth-order valence-corrected chi connectivity index (χ4v) is 3.10. The Hall–Kier alpha value is -3.80. The molecular formula is C23H20N2O4. The number of hydrogen-bond acceptors (Lipinski definition) is 4. The Labute approximate surface area is 168 Å². The second kappa shape index (κ2) is 8.48. The number of carbonyl (C=O) groups is 2. The first-order valence-corrected chi connectivity index (χ1v) is 9.35. The number of anilines is 2. The van der Waals surface area contributed by atoms with Gasteiger partial charge >= 0.3 is 0 Å². The number of nitrogens with one attached hydrogen (secondary N) is 1. The minimum absolute atomic E-state index is 0.112. The number of nitrogens with zero attached hydrogens (tertiary/aromatic N) is 1. The van der Waals surface area contributed by atoms with Crippen LogP contribution in [0.15, 0.2) is 78.9 Å². The van der Waals surface area contributed by atoms with E-state index < -0.39 is 0 Å². The van der Waals surface area contributed by atoms with Crippen LogP contribution in [0.2, 0.25) is 0 Å².